The molecular formula is C14H28N2. The molecule has 1 aliphatic heterocycles. The molecule has 1 aliphatic carbocycles. The van der Waals surface area contributed by atoms with Crippen LogP contribution in [0.15, 0.2) is 0 Å². The van der Waals surface area contributed by atoms with Gasteiger partial charge < -0.3 is 5.32 Å². The van der Waals surface area contributed by atoms with Crippen LogP contribution in [0.2, 0.25) is 0 Å². The predicted molar refractivity (Wildman–Crippen MR) is 69.7 cm³/mol. The van der Waals surface area contributed by atoms with Gasteiger partial charge in [0.05, 0.1) is 0 Å². The number of rotatable bonds is 4. The highest BCUT2D eigenvalue weighted by Crippen LogP contribution is 2.21. The van der Waals surface area contributed by atoms with Crippen LogP contribution in [0.3, 0.4) is 0 Å². The fourth-order valence-corrected chi connectivity index (χ4v) is 3.37. The number of hydrogen-bond donors (Lipinski definition) is 1. The average Bonchev–Trinajstić information content (AvgIpc) is 2.76. The fraction of sp³-hybridized carbons (Fsp3) is 1.00. The number of nitrogens with one attached hydrogen (secondary N) is 1. The summed E-state index contributed by atoms with van der Waals surface area (Å²) in [6.45, 7) is 7.20. The number of hydrogen-bond acceptors (Lipinski definition) is 2. The van der Waals surface area contributed by atoms with Gasteiger partial charge in [-0.2, -0.15) is 0 Å². The fourth-order valence-electron chi connectivity index (χ4n) is 3.37. The quantitative estimate of drug-likeness (QED) is 0.790. The zero-order chi connectivity index (χ0) is 11.4. The van der Waals surface area contributed by atoms with Crippen molar-refractivity contribution in [2.45, 2.75) is 76.9 Å². The number of likely N-dealkylation sites (tertiary alicyclic amines) is 1. The molecule has 2 aliphatic rings. The standard InChI is InChI=1S/C14H28N2/c1-12(2)16-10-6-9-14(16)11-15-13-7-4-3-5-8-13/h12-15H,3-11H2,1-2H3. The highest BCUT2D eigenvalue weighted by Gasteiger charge is 2.26. The van der Waals surface area contributed by atoms with Crippen molar-refractivity contribution >= 4 is 0 Å². The summed E-state index contributed by atoms with van der Waals surface area (Å²) < 4.78 is 0. The molecule has 16 heavy (non-hydrogen) atoms. The monoisotopic (exact) mass is 224 g/mol. The Bertz CT molecular complexity index is 197. The lowest BCUT2D eigenvalue weighted by Gasteiger charge is -2.31. The van der Waals surface area contributed by atoms with Crippen molar-refractivity contribution in [3.05, 3.63) is 0 Å². The van der Waals surface area contributed by atoms with Gasteiger partial charge in [-0.05, 0) is 46.1 Å². The Morgan fingerprint density at radius 2 is 1.81 bits per heavy atom. The summed E-state index contributed by atoms with van der Waals surface area (Å²) >= 11 is 0. The normalized spacial score (nSPS) is 29.1. The van der Waals surface area contributed by atoms with Crippen LogP contribution in [-0.2, 0) is 0 Å². The third-order valence-corrected chi connectivity index (χ3v) is 4.33. The van der Waals surface area contributed by atoms with Crippen molar-refractivity contribution in [1.29, 1.82) is 0 Å². The first-order valence-corrected chi connectivity index (χ1v) is 7.26. The second kappa shape index (κ2) is 6.02. The van der Waals surface area contributed by atoms with Crippen LogP contribution in [0.4, 0.5) is 0 Å². The molecule has 1 saturated carbocycles. The maximum atomic E-state index is 3.81. The Morgan fingerprint density at radius 1 is 1.06 bits per heavy atom. The molecule has 0 aromatic heterocycles. The first-order valence-electron chi connectivity index (χ1n) is 7.26. The van der Waals surface area contributed by atoms with Crippen molar-refractivity contribution in [2.75, 3.05) is 13.1 Å². The molecule has 1 saturated heterocycles. The highest BCUT2D eigenvalue weighted by atomic mass is 15.2. The third kappa shape index (κ3) is 3.21. The summed E-state index contributed by atoms with van der Waals surface area (Å²) in [6, 6.07) is 2.35. The molecule has 1 N–H and O–H groups in total. The summed E-state index contributed by atoms with van der Waals surface area (Å²) in [6.07, 6.45) is 9.96. The molecule has 2 rings (SSSR count). The van der Waals surface area contributed by atoms with Crippen LogP contribution in [0.1, 0.15) is 58.8 Å². The van der Waals surface area contributed by atoms with E-state index in [-0.39, 0.29) is 0 Å². The van der Waals surface area contributed by atoms with E-state index in [0.29, 0.717) is 0 Å². The largest absolute Gasteiger partial charge is 0.312 e. The van der Waals surface area contributed by atoms with E-state index in [1.54, 1.807) is 0 Å². The van der Waals surface area contributed by atoms with Gasteiger partial charge >= 0.3 is 0 Å². The Labute approximate surface area is 101 Å². The maximum absolute atomic E-state index is 3.81. The summed E-state index contributed by atoms with van der Waals surface area (Å²) in [7, 11) is 0. The molecular weight excluding hydrogens is 196 g/mol. The zero-order valence-corrected chi connectivity index (χ0v) is 11.0. The van der Waals surface area contributed by atoms with E-state index in [0.717, 1.165) is 18.1 Å². The average molecular weight is 224 g/mol. The Kier molecular flexibility index (Phi) is 4.66. The van der Waals surface area contributed by atoms with E-state index in [1.807, 2.05) is 0 Å². The Balaban J connectivity index is 1.71. The second-order valence-corrected chi connectivity index (χ2v) is 5.87. The predicted octanol–water partition coefficient (Wildman–Crippen LogP) is 2.78. The third-order valence-electron chi connectivity index (χ3n) is 4.33. The lowest BCUT2D eigenvalue weighted by atomic mass is 9.95. The molecule has 94 valence electrons. The maximum Gasteiger partial charge on any atom is 0.0223 e. The Morgan fingerprint density at radius 3 is 2.50 bits per heavy atom. The van der Waals surface area contributed by atoms with Gasteiger partial charge in [0.15, 0.2) is 0 Å². The highest BCUT2D eigenvalue weighted by molar-refractivity contribution is 4.84. The summed E-state index contributed by atoms with van der Waals surface area (Å²) in [5.41, 5.74) is 0. The Hall–Kier alpha value is -0.0800. The summed E-state index contributed by atoms with van der Waals surface area (Å²) in [4.78, 5) is 2.68. The van der Waals surface area contributed by atoms with Gasteiger partial charge in [-0.15, -0.1) is 0 Å². The van der Waals surface area contributed by atoms with Gasteiger partial charge in [0.2, 0.25) is 0 Å². The van der Waals surface area contributed by atoms with E-state index in [9.17, 15) is 0 Å². The van der Waals surface area contributed by atoms with E-state index in [1.165, 1.54) is 58.0 Å². The zero-order valence-electron chi connectivity index (χ0n) is 11.0. The second-order valence-electron chi connectivity index (χ2n) is 5.87. The van der Waals surface area contributed by atoms with E-state index >= 15 is 0 Å². The molecule has 2 nitrogen and oxygen atoms in total. The van der Waals surface area contributed by atoms with Crippen LogP contribution in [0.25, 0.3) is 0 Å². The minimum atomic E-state index is 0.723. The lowest BCUT2D eigenvalue weighted by molar-refractivity contribution is 0.192. The van der Waals surface area contributed by atoms with Gasteiger partial charge in [-0.25, -0.2) is 0 Å². The summed E-state index contributed by atoms with van der Waals surface area (Å²) in [5.74, 6) is 0. The van der Waals surface area contributed by atoms with E-state index in [2.05, 4.69) is 24.1 Å². The number of nitrogens with zero attached hydrogens (tertiary/aromatic N) is 1. The first-order chi connectivity index (χ1) is 7.77. The van der Waals surface area contributed by atoms with Crippen molar-refractivity contribution in [1.82, 2.24) is 10.2 Å². The minimum absolute atomic E-state index is 0.723. The van der Waals surface area contributed by atoms with Crippen LogP contribution < -0.4 is 5.32 Å². The molecule has 0 bridgehead atoms. The van der Waals surface area contributed by atoms with Crippen LogP contribution >= 0.6 is 0 Å². The van der Waals surface area contributed by atoms with Gasteiger partial charge in [0.1, 0.15) is 0 Å². The molecule has 0 amide bonds. The molecule has 1 heterocycles. The van der Waals surface area contributed by atoms with Crippen LogP contribution in [0, 0.1) is 0 Å². The van der Waals surface area contributed by atoms with Crippen molar-refractivity contribution in [3.8, 4) is 0 Å². The smallest absolute Gasteiger partial charge is 0.0223 e. The lowest BCUT2D eigenvalue weighted by Crippen LogP contribution is -2.44. The molecule has 0 spiro atoms. The van der Waals surface area contributed by atoms with Crippen LogP contribution in [-0.4, -0.2) is 36.1 Å². The minimum Gasteiger partial charge on any atom is -0.312 e. The molecule has 2 fully saturated rings. The van der Waals surface area contributed by atoms with Gasteiger partial charge in [-0.3, -0.25) is 4.90 Å². The van der Waals surface area contributed by atoms with Crippen LogP contribution in [0.5, 0.6) is 0 Å². The van der Waals surface area contributed by atoms with Gasteiger partial charge in [0.25, 0.3) is 0 Å². The van der Waals surface area contributed by atoms with Crippen molar-refractivity contribution < 1.29 is 0 Å². The van der Waals surface area contributed by atoms with E-state index in [4.69, 9.17) is 0 Å². The molecule has 0 radical (unpaired) electrons. The molecule has 1 unspecified atom stereocenters. The molecule has 1 atom stereocenters. The SMILES string of the molecule is CC(C)N1CCCC1CNC1CCCCC1. The van der Waals surface area contributed by atoms with Gasteiger partial charge in [0, 0.05) is 24.7 Å². The van der Waals surface area contributed by atoms with Crippen molar-refractivity contribution in [2.24, 2.45) is 0 Å². The topological polar surface area (TPSA) is 15.3 Å². The molecule has 0 aromatic carbocycles. The molecule has 2 heteroatoms. The van der Waals surface area contributed by atoms with E-state index < -0.39 is 0 Å². The van der Waals surface area contributed by atoms with Crippen molar-refractivity contribution in [3.63, 3.8) is 0 Å². The molecule has 0 aromatic rings. The summed E-state index contributed by atoms with van der Waals surface area (Å²) in [5, 5.41) is 3.81. The van der Waals surface area contributed by atoms with Gasteiger partial charge in [-0.1, -0.05) is 19.3 Å². The first kappa shape index (κ1) is 12.4.